The molecular weight excluding hydrogens is 322 g/mol. The molecule has 1 fully saturated rings. The largest absolute Gasteiger partial charge is 0.317 e. The molecule has 0 spiro atoms. The van der Waals surface area contributed by atoms with E-state index in [0.717, 1.165) is 5.56 Å². The summed E-state index contributed by atoms with van der Waals surface area (Å²) in [6.45, 7) is 0.217. The van der Waals surface area contributed by atoms with Gasteiger partial charge in [-0.25, -0.2) is 4.98 Å². The first-order chi connectivity index (χ1) is 12.1. The molecule has 0 saturated heterocycles. The molecule has 1 aliphatic rings. The lowest BCUT2D eigenvalue weighted by molar-refractivity contribution is 0.557. The molecule has 4 rings (SSSR count). The average Bonchev–Trinajstić information content (AvgIpc) is 3.23. The first-order valence-electron chi connectivity index (χ1n) is 7.68. The van der Waals surface area contributed by atoms with E-state index in [9.17, 15) is 14.9 Å². The van der Waals surface area contributed by atoms with Gasteiger partial charge in [-0.2, -0.15) is 15.5 Å². The van der Waals surface area contributed by atoms with E-state index in [1.165, 1.54) is 26.3 Å². The summed E-state index contributed by atoms with van der Waals surface area (Å²) in [5.74, 6) is 0.557. The third-order valence-electron chi connectivity index (χ3n) is 4.24. The van der Waals surface area contributed by atoms with Crippen molar-refractivity contribution >= 4 is 0 Å². The smallest absolute Gasteiger partial charge is 0.305 e. The maximum Gasteiger partial charge on any atom is 0.317 e. The van der Waals surface area contributed by atoms with Crippen LogP contribution in [0.2, 0.25) is 0 Å². The standard InChI is InChI=1S/C16H13N7O2/c17-11-16(3-4-16)22-8-7-21(14(24)15(22)25)10-12-1-2-13(18-9-12)23-19-5-6-20-23/h1-2,5-9H,3-4,10H2. The molecule has 9 nitrogen and oxygen atoms in total. The van der Waals surface area contributed by atoms with Crippen molar-refractivity contribution in [2.24, 2.45) is 0 Å². The average molecular weight is 335 g/mol. The van der Waals surface area contributed by atoms with Gasteiger partial charge >= 0.3 is 11.1 Å². The van der Waals surface area contributed by atoms with Crippen LogP contribution in [0, 0.1) is 11.3 Å². The molecule has 0 aromatic carbocycles. The molecule has 0 radical (unpaired) electrons. The molecule has 0 bridgehead atoms. The molecule has 0 N–H and O–H groups in total. The molecule has 1 aliphatic carbocycles. The number of hydrogen-bond donors (Lipinski definition) is 0. The van der Waals surface area contributed by atoms with Crippen LogP contribution < -0.4 is 11.1 Å². The normalized spacial score (nSPS) is 14.8. The predicted molar refractivity (Wildman–Crippen MR) is 86.0 cm³/mol. The fraction of sp³-hybridized carbons (Fsp3) is 0.250. The van der Waals surface area contributed by atoms with Crippen LogP contribution in [0.1, 0.15) is 18.4 Å². The lowest BCUT2D eigenvalue weighted by atomic mass is 10.2. The lowest BCUT2D eigenvalue weighted by Gasteiger charge is -2.12. The lowest BCUT2D eigenvalue weighted by Crippen LogP contribution is -2.44. The van der Waals surface area contributed by atoms with E-state index in [-0.39, 0.29) is 6.54 Å². The summed E-state index contributed by atoms with van der Waals surface area (Å²) in [4.78, 5) is 30.2. The quantitative estimate of drug-likeness (QED) is 0.623. The number of nitrogens with zero attached hydrogens (tertiary/aromatic N) is 7. The Morgan fingerprint density at radius 1 is 1.12 bits per heavy atom. The minimum Gasteiger partial charge on any atom is -0.305 e. The first kappa shape index (κ1) is 15.0. The molecule has 0 unspecified atom stereocenters. The zero-order valence-corrected chi connectivity index (χ0v) is 13.1. The van der Waals surface area contributed by atoms with Gasteiger partial charge in [0.15, 0.2) is 5.82 Å². The maximum atomic E-state index is 12.3. The van der Waals surface area contributed by atoms with Crippen LogP contribution in [0.25, 0.3) is 5.82 Å². The number of aromatic nitrogens is 6. The highest BCUT2D eigenvalue weighted by Crippen LogP contribution is 2.41. The van der Waals surface area contributed by atoms with Gasteiger partial charge in [0.2, 0.25) is 0 Å². The van der Waals surface area contributed by atoms with Gasteiger partial charge in [-0.05, 0) is 24.5 Å². The van der Waals surface area contributed by atoms with Gasteiger partial charge in [0.05, 0.1) is 25.0 Å². The molecule has 1 saturated carbocycles. The van der Waals surface area contributed by atoms with E-state index in [1.807, 2.05) is 0 Å². The predicted octanol–water partition coefficient (Wildman–Crippen LogP) is 0.0467. The molecule has 124 valence electrons. The maximum absolute atomic E-state index is 12.3. The van der Waals surface area contributed by atoms with Gasteiger partial charge in [0, 0.05) is 18.6 Å². The Morgan fingerprint density at radius 3 is 2.48 bits per heavy atom. The van der Waals surface area contributed by atoms with Crippen LogP contribution in [0.3, 0.4) is 0 Å². The zero-order valence-electron chi connectivity index (χ0n) is 13.1. The number of rotatable bonds is 4. The second-order valence-corrected chi connectivity index (χ2v) is 5.89. The van der Waals surface area contributed by atoms with Gasteiger partial charge in [-0.3, -0.25) is 14.2 Å². The Kier molecular flexibility index (Phi) is 3.32. The Hall–Kier alpha value is -3.54. The summed E-state index contributed by atoms with van der Waals surface area (Å²) in [5, 5.41) is 17.2. The van der Waals surface area contributed by atoms with Crippen LogP contribution in [0.4, 0.5) is 0 Å². The van der Waals surface area contributed by atoms with Gasteiger partial charge in [-0.1, -0.05) is 6.07 Å². The summed E-state index contributed by atoms with van der Waals surface area (Å²) in [7, 11) is 0. The molecular formula is C16H13N7O2. The molecule has 3 aromatic heterocycles. The molecule has 9 heteroatoms. The van der Waals surface area contributed by atoms with E-state index < -0.39 is 16.7 Å². The van der Waals surface area contributed by atoms with Crippen LogP contribution in [-0.2, 0) is 12.1 Å². The third-order valence-corrected chi connectivity index (χ3v) is 4.24. The highest BCUT2D eigenvalue weighted by Gasteiger charge is 2.46. The van der Waals surface area contributed by atoms with Crippen molar-refractivity contribution in [2.75, 3.05) is 0 Å². The Bertz CT molecular complexity index is 1070. The second kappa shape index (κ2) is 5.52. The molecule has 3 aromatic rings. The fourth-order valence-electron chi connectivity index (χ4n) is 2.65. The van der Waals surface area contributed by atoms with Crippen molar-refractivity contribution in [2.45, 2.75) is 24.9 Å². The van der Waals surface area contributed by atoms with Crippen molar-refractivity contribution in [3.8, 4) is 11.9 Å². The van der Waals surface area contributed by atoms with Crippen molar-refractivity contribution in [3.63, 3.8) is 0 Å². The van der Waals surface area contributed by atoms with Crippen molar-refractivity contribution in [1.29, 1.82) is 5.26 Å². The van der Waals surface area contributed by atoms with E-state index in [1.54, 1.807) is 30.7 Å². The van der Waals surface area contributed by atoms with Crippen molar-refractivity contribution in [1.82, 2.24) is 29.1 Å². The summed E-state index contributed by atoms with van der Waals surface area (Å²) in [6, 6.07) is 5.64. The van der Waals surface area contributed by atoms with E-state index in [2.05, 4.69) is 21.3 Å². The number of pyridine rings is 1. The Labute approximate surface area is 141 Å². The minimum atomic E-state index is -0.838. The van der Waals surface area contributed by atoms with E-state index >= 15 is 0 Å². The molecule has 0 amide bonds. The number of nitriles is 1. The van der Waals surface area contributed by atoms with Gasteiger partial charge in [-0.15, -0.1) is 4.80 Å². The van der Waals surface area contributed by atoms with Crippen LogP contribution in [0.5, 0.6) is 0 Å². The highest BCUT2D eigenvalue weighted by atomic mass is 16.2. The molecule has 0 atom stereocenters. The molecule has 25 heavy (non-hydrogen) atoms. The van der Waals surface area contributed by atoms with E-state index in [4.69, 9.17) is 0 Å². The first-order valence-corrected chi connectivity index (χ1v) is 7.68. The summed E-state index contributed by atoms with van der Waals surface area (Å²) >= 11 is 0. The zero-order chi connectivity index (χ0) is 17.4. The number of hydrogen-bond acceptors (Lipinski definition) is 6. The topological polar surface area (TPSA) is 111 Å². The van der Waals surface area contributed by atoms with Crippen LogP contribution in [0.15, 0.2) is 52.7 Å². The van der Waals surface area contributed by atoms with Gasteiger partial charge < -0.3 is 4.57 Å². The second-order valence-electron chi connectivity index (χ2n) is 5.89. The van der Waals surface area contributed by atoms with Gasteiger partial charge in [0.1, 0.15) is 5.54 Å². The van der Waals surface area contributed by atoms with Crippen molar-refractivity contribution in [3.05, 3.63) is 69.4 Å². The molecule has 3 heterocycles. The minimum absolute atomic E-state index is 0.217. The fourth-order valence-corrected chi connectivity index (χ4v) is 2.65. The van der Waals surface area contributed by atoms with Crippen LogP contribution >= 0.6 is 0 Å². The van der Waals surface area contributed by atoms with Crippen LogP contribution in [-0.4, -0.2) is 29.1 Å². The van der Waals surface area contributed by atoms with Crippen molar-refractivity contribution < 1.29 is 0 Å². The van der Waals surface area contributed by atoms with E-state index in [0.29, 0.717) is 18.7 Å². The summed E-state index contributed by atoms with van der Waals surface area (Å²) in [5.41, 5.74) is -1.40. The summed E-state index contributed by atoms with van der Waals surface area (Å²) < 4.78 is 2.56. The summed E-state index contributed by atoms with van der Waals surface area (Å²) in [6.07, 6.45) is 8.95. The third kappa shape index (κ3) is 2.53. The van der Waals surface area contributed by atoms with Gasteiger partial charge in [0.25, 0.3) is 0 Å². The SMILES string of the molecule is N#CC1(n2ccn(Cc3ccc(-n4nccn4)nc3)c(=O)c2=O)CC1. The Morgan fingerprint density at radius 2 is 1.88 bits per heavy atom. The molecule has 0 aliphatic heterocycles. The monoisotopic (exact) mass is 335 g/mol. The Balaban J connectivity index is 1.61. The highest BCUT2D eigenvalue weighted by molar-refractivity contribution is 5.23.